The van der Waals surface area contributed by atoms with Crippen molar-refractivity contribution in [2.24, 2.45) is 0 Å². The number of rotatable bonds is 3. The molecule has 0 aromatic carbocycles. The van der Waals surface area contributed by atoms with Crippen molar-refractivity contribution in [3.8, 4) is 0 Å². The fourth-order valence-corrected chi connectivity index (χ4v) is 2.26. The van der Waals surface area contributed by atoms with Crippen molar-refractivity contribution < 1.29 is 9.84 Å². The molecule has 0 amide bonds. The van der Waals surface area contributed by atoms with Gasteiger partial charge < -0.3 is 15.2 Å². The van der Waals surface area contributed by atoms with Crippen LogP contribution in [0.5, 0.6) is 0 Å². The van der Waals surface area contributed by atoms with Gasteiger partial charge in [0.15, 0.2) is 5.65 Å². The maximum atomic E-state index is 10.3. The molecule has 1 aliphatic heterocycles. The smallest absolute Gasteiger partial charge is 0.243 e. The number of pyridine rings is 1. The van der Waals surface area contributed by atoms with Crippen LogP contribution in [0.2, 0.25) is 5.02 Å². The molecule has 2 N–H and O–H groups in total. The van der Waals surface area contributed by atoms with Crippen LogP contribution in [0.4, 0.5) is 5.95 Å². The minimum absolute atomic E-state index is 0.418. The Morgan fingerprint density at radius 2 is 2.21 bits per heavy atom. The summed E-state index contributed by atoms with van der Waals surface area (Å²) < 4.78 is 6.85. The monoisotopic (exact) mass is 282 g/mol. The fourth-order valence-electron chi connectivity index (χ4n) is 2.10. The van der Waals surface area contributed by atoms with Crippen LogP contribution in [0, 0.1) is 0 Å². The van der Waals surface area contributed by atoms with E-state index in [1.807, 2.05) is 0 Å². The Labute approximate surface area is 115 Å². The summed E-state index contributed by atoms with van der Waals surface area (Å²) in [5.41, 5.74) is -0.0289. The average molecular weight is 283 g/mol. The number of nitrogens with one attached hydrogen (secondary N) is 1. The summed E-state index contributed by atoms with van der Waals surface area (Å²) in [6, 6.07) is 3.56. The molecule has 3 rings (SSSR count). The molecule has 0 radical (unpaired) electrons. The van der Waals surface area contributed by atoms with E-state index < -0.39 is 5.60 Å². The highest BCUT2D eigenvalue weighted by atomic mass is 35.5. The lowest BCUT2D eigenvalue weighted by molar-refractivity contribution is -0.0544. The van der Waals surface area contributed by atoms with Gasteiger partial charge in [0.1, 0.15) is 0 Å². The molecule has 102 valence electrons. The SMILES string of the molecule is OC1(CNc2nc3ccc(Cl)cn3n2)CCOCC1. The molecule has 0 unspecified atom stereocenters. The molecular formula is C12H15ClN4O2. The van der Waals surface area contributed by atoms with E-state index in [0.29, 0.717) is 49.2 Å². The number of halogens is 1. The Morgan fingerprint density at radius 3 is 3.00 bits per heavy atom. The van der Waals surface area contributed by atoms with Gasteiger partial charge in [-0.2, -0.15) is 4.98 Å². The summed E-state index contributed by atoms with van der Waals surface area (Å²) in [6.07, 6.45) is 2.94. The van der Waals surface area contributed by atoms with E-state index in [1.54, 1.807) is 22.8 Å². The first-order valence-electron chi connectivity index (χ1n) is 6.21. The first-order chi connectivity index (χ1) is 9.15. The zero-order valence-corrected chi connectivity index (χ0v) is 11.1. The van der Waals surface area contributed by atoms with Gasteiger partial charge in [-0.15, -0.1) is 5.10 Å². The maximum absolute atomic E-state index is 10.3. The number of anilines is 1. The molecule has 2 aromatic rings. The van der Waals surface area contributed by atoms with Crippen molar-refractivity contribution in [3.05, 3.63) is 23.4 Å². The summed E-state index contributed by atoms with van der Waals surface area (Å²) >= 11 is 5.89. The lowest BCUT2D eigenvalue weighted by Gasteiger charge is -2.31. The van der Waals surface area contributed by atoms with Gasteiger partial charge in [0.2, 0.25) is 5.95 Å². The Morgan fingerprint density at radius 1 is 1.42 bits per heavy atom. The molecule has 2 aromatic heterocycles. The van der Waals surface area contributed by atoms with Crippen molar-refractivity contribution in [2.45, 2.75) is 18.4 Å². The molecule has 3 heterocycles. The van der Waals surface area contributed by atoms with Gasteiger partial charge in [0.05, 0.1) is 10.6 Å². The van der Waals surface area contributed by atoms with Crippen molar-refractivity contribution in [3.63, 3.8) is 0 Å². The number of aliphatic hydroxyl groups is 1. The zero-order valence-electron chi connectivity index (χ0n) is 10.3. The molecule has 1 fully saturated rings. The predicted molar refractivity (Wildman–Crippen MR) is 71.5 cm³/mol. The second kappa shape index (κ2) is 4.96. The molecule has 0 atom stereocenters. The Hall–Kier alpha value is -1.37. The van der Waals surface area contributed by atoms with Gasteiger partial charge in [-0.3, -0.25) is 0 Å². The van der Waals surface area contributed by atoms with E-state index >= 15 is 0 Å². The molecular weight excluding hydrogens is 268 g/mol. The van der Waals surface area contributed by atoms with E-state index in [4.69, 9.17) is 16.3 Å². The van der Waals surface area contributed by atoms with Crippen molar-refractivity contribution in [1.82, 2.24) is 14.6 Å². The Kier molecular flexibility index (Phi) is 3.30. The summed E-state index contributed by atoms with van der Waals surface area (Å²) in [6.45, 7) is 1.60. The fraction of sp³-hybridized carbons (Fsp3) is 0.500. The minimum Gasteiger partial charge on any atom is -0.388 e. The molecule has 6 nitrogen and oxygen atoms in total. The van der Waals surface area contributed by atoms with Gasteiger partial charge in [-0.25, -0.2) is 4.52 Å². The summed E-state index contributed by atoms with van der Waals surface area (Å²) in [7, 11) is 0. The minimum atomic E-state index is -0.743. The van der Waals surface area contributed by atoms with E-state index in [0.717, 1.165) is 0 Å². The molecule has 0 saturated carbocycles. The Balaban J connectivity index is 1.71. The third-order valence-corrected chi connectivity index (χ3v) is 3.52. The summed E-state index contributed by atoms with van der Waals surface area (Å²) in [4.78, 5) is 4.31. The quantitative estimate of drug-likeness (QED) is 0.889. The number of aromatic nitrogens is 3. The number of hydrogen-bond acceptors (Lipinski definition) is 5. The molecule has 1 saturated heterocycles. The maximum Gasteiger partial charge on any atom is 0.243 e. The summed E-state index contributed by atoms with van der Waals surface area (Å²) in [5, 5.41) is 18.3. The van der Waals surface area contributed by atoms with Crippen LogP contribution in [0.3, 0.4) is 0 Å². The largest absolute Gasteiger partial charge is 0.388 e. The van der Waals surface area contributed by atoms with Crippen LogP contribution in [0.15, 0.2) is 18.3 Å². The van der Waals surface area contributed by atoms with Gasteiger partial charge >= 0.3 is 0 Å². The molecule has 19 heavy (non-hydrogen) atoms. The normalized spacial score (nSPS) is 18.6. The van der Waals surface area contributed by atoms with Crippen molar-refractivity contribution >= 4 is 23.2 Å². The second-order valence-electron chi connectivity index (χ2n) is 4.78. The van der Waals surface area contributed by atoms with Crippen LogP contribution in [0.25, 0.3) is 5.65 Å². The average Bonchev–Trinajstić information content (AvgIpc) is 2.79. The molecule has 0 bridgehead atoms. The third-order valence-electron chi connectivity index (χ3n) is 3.29. The van der Waals surface area contributed by atoms with Gasteiger partial charge in [-0.05, 0) is 12.1 Å². The van der Waals surface area contributed by atoms with Crippen molar-refractivity contribution in [1.29, 1.82) is 0 Å². The van der Waals surface area contributed by atoms with Crippen LogP contribution < -0.4 is 5.32 Å². The third kappa shape index (κ3) is 2.80. The lowest BCUT2D eigenvalue weighted by Crippen LogP contribution is -2.42. The number of ether oxygens (including phenoxy) is 1. The van der Waals surface area contributed by atoms with Crippen LogP contribution in [-0.4, -0.2) is 45.1 Å². The molecule has 0 aliphatic carbocycles. The number of fused-ring (bicyclic) bond motifs is 1. The molecule has 7 heteroatoms. The van der Waals surface area contributed by atoms with Crippen LogP contribution in [-0.2, 0) is 4.74 Å². The van der Waals surface area contributed by atoms with E-state index in [9.17, 15) is 5.11 Å². The number of hydrogen-bond donors (Lipinski definition) is 2. The van der Waals surface area contributed by atoms with E-state index in [1.165, 1.54) is 0 Å². The van der Waals surface area contributed by atoms with Gasteiger partial charge in [0, 0.05) is 38.8 Å². The van der Waals surface area contributed by atoms with E-state index in [-0.39, 0.29) is 0 Å². The summed E-state index contributed by atoms with van der Waals surface area (Å²) in [5.74, 6) is 0.488. The first-order valence-corrected chi connectivity index (χ1v) is 6.58. The zero-order chi connectivity index (χ0) is 13.3. The van der Waals surface area contributed by atoms with E-state index in [2.05, 4.69) is 15.4 Å². The Bertz CT molecular complexity index is 580. The predicted octanol–water partition coefficient (Wildman–Crippen LogP) is 1.34. The van der Waals surface area contributed by atoms with Crippen molar-refractivity contribution in [2.75, 3.05) is 25.1 Å². The molecule has 1 aliphatic rings. The first kappa shape index (κ1) is 12.7. The highest BCUT2D eigenvalue weighted by Crippen LogP contribution is 2.20. The highest BCUT2D eigenvalue weighted by molar-refractivity contribution is 6.30. The lowest BCUT2D eigenvalue weighted by atomic mass is 9.94. The molecule has 0 spiro atoms. The number of nitrogens with zero attached hydrogens (tertiary/aromatic N) is 3. The topological polar surface area (TPSA) is 71.7 Å². The highest BCUT2D eigenvalue weighted by Gasteiger charge is 2.29. The van der Waals surface area contributed by atoms with Crippen LogP contribution in [0.1, 0.15) is 12.8 Å². The second-order valence-corrected chi connectivity index (χ2v) is 5.21. The van der Waals surface area contributed by atoms with Crippen LogP contribution >= 0.6 is 11.6 Å². The van der Waals surface area contributed by atoms with Gasteiger partial charge in [-0.1, -0.05) is 11.6 Å². The van der Waals surface area contributed by atoms with Gasteiger partial charge in [0.25, 0.3) is 0 Å². The standard InChI is InChI=1S/C12H15ClN4O2/c13-9-1-2-10-15-11(16-17(10)7-9)14-8-12(18)3-5-19-6-4-12/h1-2,7,18H,3-6,8H2,(H,14,16).